The van der Waals surface area contributed by atoms with Crippen LogP contribution in [-0.4, -0.2) is 45.9 Å². The molecule has 2 atom stereocenters. The fourth-order valence-corrected chi connectivity index (χ4v) is 4.15. The van der Waals surface area contributed by atoms with Crippen LogP contribution in [0.3, 0.4) is 0 Å². The fraction of sp³-hybridized carbons (Fsp3) is 0.300. The number of hydrogen-bond acceptors (Lipinski definition) is 4. The smallest absolute Gasteiger partial charge is 0.274 e. The van der Waals surface area contributed by atoms with Gasteiger partial charge in [-0.1, -0.05) is 6.07 Å². The molecule has 0 unspecified atom stereocenters. The van der Waals surface area contributed by atoms with Crippen molar-refractivity contribution in [2.24, 2.45) is 0 Å². The largest absolute Gasteiger partial charge is 0.372 e. The van der Waals surface area contributed by atoms with Crippen molar-refractivity contribution >= 4 is 17.2 Å². The quantitative estimate of drug-likeness (QED) is 0.661. The summed E-state index contributed by atoms with van der Waals surface area (Å²) in [6, 6.07) is 8.69. The van der Waals surface area contributed by atoms with Crippen molar-refractivity contribution in [2.75, 3.05) is 13.1 Å². The van der Waals surface area contributed by atoms with E-state index in [0.29, 0.717) is 18.8 Å². The van der Waals surface area contributed by atoms with Gasteiger partial charge in [0.25, 0.3) is 5.91 Å². The number of carbonyl (C=O) groups is 1. The van der Waals surface area contributed by atoms with Crippen LogP contribution in [-0.2, 0) is 4.74 Å². The van der Waals surface area contributed by atoms with Gasteiger partial charge in [0, 0.05) is 19.2 Å². The first kappa shape index (κ1) is 18.8. The van der Waals surface area contributed by atoms with Gasteiger partial charge in [-0.15, -0.1) is 11.3 Å². The van der Waals surface area contributed by atoms with Crippen molar-refractivity contribution in [3.05, 3.63) is 59.1 Å². The molecule has 28 heavy (non-hydrogen) atoms. The van der Waals surface area contributed by atoms with E-state index >= 15 is 0 Å². The van der Waals surface area contributed by atoms with Gasteiger partial charge in [0.1, 0.15) is 11.5 Å². The first-order chi connectivity index (χ1) is 13.4. The van der Waals surface area contributed by atoms with E-state index in [0.717, 1.165) is 10.9 Å². The first-order valence-electron chi connectivity index (χ1n) is 8.96. The maximum Gasteiger partial charge on any atom is 0.274 e. The van der Waals surface area contributed by atoms with Gasteiger partial charge in [0.15, 0.2) is 11.5 Å². The van der Waals surface area contributed by atoms with E-state index in [-0.39, 0.29) is 29.5 Å². The summed E-state index contributed by atoms with van der Waals surface area (Å²) in [6.45, 7) is 4.77. The second-order valence-corrected chi connectivity index (χ2v) is 7.81. The fourth-order valence-electron chi connectivity index (χ4n) is 3.43. The summed E-state index contributed by atoms with van der Waals surface area (Å²) in [7, 11) is 0. The van der Waals surface area contributed by atoms with Gasteiger partial charge in [-0.05, 0) is 43.5 Å². The number of rotatable bonds is 3. The monoisotopic (exact) mass is 403 g/mol. The summed E-state index contributed by atoms with van der Waals surface area (Å²) in [4.78, 5) is 15.6. The third kappa shape index (κ3) is 3.57. The summed E-state index contributed by atoms with van der Waals surface area (Å²) >= 11 is 1.45. The third-order valence-electron chi connectivity index (χ3n) is 4.55. The highest BCUT2D eigenvalue weighted by molar-refractivity contribution is 7.13. The molecule has 0 saturated carbocycles. The molecule has 3 heterocycles. The molecular formula is C20H19F2N3O2S. The topological polar surface area (TPSA) is 47.4 Å². The lowest BCUT2D eigenvalue weighted by atomic mass is 10.2. The number of halogens is 2. The van der Waals surface area contributed by atoms with Gasteiger partial charge >= 0.3 is 0 Å². The molecule has 1 aromatic carbocycles. The maximum atomic E-state index is 14.4. The Morgan fingerprint density at radius 1 is 1.18 bits per heavy atom. The van der Waals surface area contributed by atoms with Crippen LogP contribution in [0.2, 0.25) is 0 Å². The Hall–Kier alpha value is -2.58. The Morgan fingerprint density at radius 2 is 1.93 bits per heavy atom. The lowest BCUT2D eigenvalue weighted by Crippen LogP contribution is -2.48. The summed E-state index contributed by atoms with van der Waals surface area (Å²) in [5, 5.41) is 6.27. The van der Waals surface area contributed by atoms with Crippen LogP contribution >= 0.6 is 11.3 Å². The molecule has 146 valence electrons. The number of thiophene rings is 1. The van der Waals surface area contributed by atoms with Gasteiger partial charge in [-0.25, -0.2) is 13.5 Å². The molecule has 1 fully saturated rings. The van der Waals surface area contributed by atoms with Crippen LogP contribution in [0, 0.1) is 11.6 Å². The second-order valence-electron chi connectivity index (χ2n) is 6.87. The minimum absolute atomic E-state index is 0.0684. The Balaban J connectivity index is 1.77. The predicted octanol–water partition coefficient (Wildman–Crippen LogP) is 4.13. The number of aromatic nitrogens is 2. The van der Waals surface area contributed by atoms with Gasteiger partial charge < -0.3 is 9.64 Å². The minimum atomic E-state index is -0.742. The molecule has 0 aliphatic carbocycles. The Morgan fingerprint density at radius 3 is 2.57 bits per heavy atom. The van der Waals surface area contributed by atoms with E-state index in [1.54, 1.807) is 11.0 Å². The molecule has 5 nitrogen and oxygen atoms in total. The molecular weight excluding hydrogens is 384 g/mol. The zero-order valence-corrected chi connectivity index (χ0v) is 16.2. The van der Waals surface area contributed by atoms with Crippen LogP contribution < -0.4 is 0 Å². The van der Waals surface area contributed by atoms with Crippen LogP contribution in [0.1, 0.15) is 24.3 Å². The highest BCUT2D eigenvalue weighted by atomic mass is 32.1. The minimum Gasteiger partial charge on any atom is -0.372 e. The van der Waals surface area contributed by atoms with Crippen LogP contribution in [0.4, 0.5) is 8.78 Å². The number of morpholine rings is 1. The lowest BCUT2D eigenvalue weighted by Gasteiger charge is -2.34. The molecule has 0 radical (unpaired) electrons. The van der Waals surface area contributed by atoms with Gasteiger partial charge in [0.05, 0.1) is 22.8 Å². The summed E-state index contributed by atoms with van der Waals surface area (Å²) in [5.74, 6) is -1.65. The molecule has 1 amide bonds. The van der Waals surface area contributed by atoms with Gasteiger partial charge in [0.2, 0.25) is 0 Å². The number of benzene rings is 1. The molecule has 0 bridgehead atoms. The van der Waals surface area contributed by atoms with Crippen molar-refractivity contribution in [1.82, 2.24) is 14.7 Å². The molecule has 2 aromatic heterocycles. The number of ether oxygens (including phenoxy) is 1. The van der Waals surface area contributed by atoms with E-state index in [2.05, 4.69) is 5.10 Å². The Bertz CT molecular complexity index is 993. The lowest BCUT2D eigenvalue weighted by molar-refractivity contribution is -0.0587. The standard InChI is InChI=1S/C20H19F2N3O2S/c1-12-10-24(11-13(2)27-12)20(26)16-9-18(19-4-3-7-28-19)25(23-16)17-6-5-14(21)8-15(17)22/h3-9,12-13H,10-11H2,1-2H3/t12-,13-/m1/s1. The van der Waals surface area contributed by atoms with E-state index in [9.17, 15) is 13.6 Å². The zero-order chi connectivity index (χ0) is 19.8. The van der Waals surface area contributed by atoms with Crippen LogP contribution in [0.25, 0.3) is 16.3 Å². The normalized spacial score (nSPS) is 19.8. The number of amides is 1. The van der Waals surface area contributed by atoms with E-state index < -0.39 is 11.6 Å². The Labute approximate surface area is 165 Å². The average Bonchev–Trinajstić information content (AvgIpc) is 3.30. The first-order valence-corrected chi connectivity index (χ1v) is 9.84. The van der Waals surface area contributed by atoms with Gasteiger partial charge in [-0.2, -0.15) is 5.10 Å². The van der Waals surface area contributed by atoms with Crippen molar-refractivity contribution < 1.29 is 18.3 Å². The molecule has 0 spiro atoms. The molecule has 0 N–H and O–H groups in total. The molecule has 3 aromatic rings. The molecule has 1 aliphatic heterocycles. The van der Waals surface area contributed by atoms with E-state index in [1.165, 1.54) is 28.2 Å². The molecule has 1 saturated heterocycles. The van der Waals surface area contributed by atoms with Crippen molar-refractivity contribution in [3.8, 4) is 16.3 Å². The SMILES string of the molecule is C[C@@H]1CN(C(=O)c2cc(-c3cccs3)n(-c3ccc(F)cc3F)n2)C[C@@H](C)O1. The number of hydrogen-bond donors (Lipinski definition) is 0. The summed E-state index contributed by atoms with van der Waals surface area (Å²) in [6.07, 6.45) is -0.137. The summed E-state index contributed by atoms with van der Waals surface area (Å²) < 4.78 is 34.8. The Kier molecular flexibility index (Phi) is 4.99. The van der Waals surface area contributed by atoms with E-state index in [1.807, 2.05) is 31.4 Å². The highest BCUT2D eigenvalue weighted by Crippen LogP contribution is 2.29. The average molecular weight is 403 g/mol. The van der Waals surface area contributed by atoms with Crippen LogP contribution in [0.5, 0.6) is 0 Å². The predicted molar refractivity (Wildman–Crippen MR) is 103 cm³/mol. The summed E-state index contributed by atoms with van der Waals surface area (Å²) in [5.41, 5.74) is 0.888. The van der Waals surface area contributed by atoms with Crippen LogP contribution in [0.15, 0.2) is 41.8 Å². The number of nitrogens with zero attached hydrogens (tertiary/aromatic N) is 3. The number of carbonyl (C=O) groups excluding carboxylic acids is 1. The van der Waals surface area contributed by atoms with Crippen molar-refractivity contribution in [2.45, 2.75) is 26.1 Å². The van der Waals surface area contributed by atoms with Crippen molar-refractivity contribution in [1.29, 1.82) is 0 Å². The zero-order valence-electron chi connectivity index (χ0n) is 15.4. The third-order valence-corrected chi connectivity index (χ3v) is 5.44. The van der Waals surface area contributed by atoms with E-state index in [4.69, 9.17) is 4.74 Å². The molecule has 8 heteroatoms. The maximum absolute atomic E-state index is 14.4. The molecule has 1 aliphatic rings. The highest BCUT2D eigenvalue weighted by Gasteiger charge is 2.29. The molecule has 4 rings (SSSR count). The van der Waals surface area contributed by atoms with Gasteiger partial charge in [-0.3, -0.25) is 4.79 Å². The van der Waals surface area contributed by atoms with Crippen molar-refractivity contribution in [3.63, 3.8) is 0 Å². The second kappa shape index (κ2) is 7.44.